The first-order chi connectivity index (χ1) is 6.29. The number of carbonyl (C=O) groups excluding carboxylic acids is 1. The van der Waals surface area contributed by atoms with E-state index in [0.717, 1.165) is 11.8 Å². The molecule has 3 nitrogen and oxygen atoms in total. The molecule has 1 N–H and O–H groups in total. The van der Waals surface area contributed by atoms with Crippen LogP contribution in [0, 0.1) is 5.92 Å². The zero-order valence-electron chi connectivity index (χ0n) is 7.34. The molecular formula is C10H11NO2. The molecule has 0 radical (unpaired) electrons. The average molecular weight is 177 g/mol. The third-order valence-electron chi connectivity index (χ3n) is 1.81. The summed E-state index contributed by atoms with van der Waals surface area (Å²) in [7, 11) is 0. The lowest BCUT2D eigenvalue weighted by Gasteiger charge is -2.05. The number of carbonyl (C=O) groups is 1. The Labute approximate surface area is 76.7 Å². The van der Waals surface area contributed by atoms with E-state index in [2.05, 4.69) is 5.16 Å². The predicted octanol–water partition coefficient (Wildman–Crippen LogP) is 1.70. The minimum absolute atomic E-state index is 0.382. The van der Waals surface area contributed by atoms with Gasteiger partial charge in [-0.15, -0.1) is 0 Å². The molecule has 1 aromatic carbocycles. The van der Waals surface area contributed by atoms with Gasteiger partial charge >= 0.3 is 0 Å². The van der Waals surface area contributed by atoms with Gasteiger partial charge in [-0.25, -0.2) is 0 Å². The molecule has 0 saturated carbocycles. The fourth-order valence-electron chi connectivity index (χ4n) is 1.09. The second-order valence-corrected chi connectivity index (χ2v) is 2.78. The van der Waals surface area contributed by atoms with Crippen molar-refractivity contribution in [1.29, 1.82) is 0 Å². The van der Waals surface area contributed by atoms with Crippen molar-refractivity contribution in [3.05, 3.63) is 35.9 Å². The van der Waals surface area contributed by atoms with Crippen LogP contribution in [0.25, 0.3) is 0 Å². The molecule has 0 aliphatic rings. The molecule has 0 bridgehead atoms. The van der Waals surface area contributed by atoms with Crippen molar-refractivity contribution in [3.8, 4) is 0 Å². The molecule has 1 atom stereocenters. The van der Waals surface area contributed by atoms with Crippen LogP contribution >= 0.6 is 0 Å². The first-order valence-electron chi connectivity index (χ1n) is 4.02. The molecule has 0 spiro atoms. The van der Waals surface area contributed by atoms with Gasteiger partial charge in [0.05, 0.1) is 11.6 Å². The number of rotatable bonds is 3. The summed E-state index contributed by atoms with van der Waals surface area (Å²) in [6.07, 6.45) is 0.752. The Balaban J connectivity index is 2.99. The third kappa shape index (κ3) is 2.15. The highest BCUT2D eigenvalue weighted by molar-refractivity contribution is 6.08. The maximum absolute atomic E-state index is 10.5. The molecule has 0 fully saturated rings. The Hall–Kier alpha value is -1.64. The van der Waals surface area contributed by atoms with Crippen LogP contribution in [0.4, 0.5) is 0 Å². The average Bonchev–Trinajstić information content (AvgIpc) is 2.20. The topological polar surface area (TPSA) is 49.7 Å². The molecule has 0 amide bonds. The van der Waals surface area contributed by atoms with E-state index < -0.39 is 0 Å². The van der Waals surface area contributed by atoms with Crippen LogP contribution in [0.3, 0.4) is 0 Å². The van der Waals surface area contributed by atoms with Crippen molar-refractivity contribution in [2.45, 2.75) is 6.92 Å². The number of hydrogen-bond acceptors (Lipinski definition) is 3. The molecule has 1 rings (SSSR count). The Morgan fingerprint density at radius 2 is 2.08 bits per heavy atom. The minimum atomic E-state index is -0.382. The summed E-state index contributed by atoms with van der Waals surface area (Å²) < 4.78 is 0. The summed E-state index contributed by atoms with van der Waals surface area (Å²) in [4.78, 5) is 10.5. The lowest BCUT2D eigenvalue weighted by atomic mass is 10.00. The van der Waals surface area contributed by atoms with Crippen LogP contribution in [0.1, 0.15) is 12.5 Å². The standard InChI is InChI=1S/C10H11NO2/c1-8(7-12)10(11-13)9-5-3-2-4-6-9/h2-8,13H,1H3/b11-10+. The van der Waals surface area contributed by atoms with Gasteiger partial charge < -0.3 is 10.0 Å². The number of hydrogen-bond donors (Lipinski definition) is 1. The van der Waals surface area contributed by atoms with Gasteiger partial charge in [-0.1, -0.05) is 35.5 Å². The van der Waals surface area contributed by atoms with Gasteiger partial charge in [-0.2, -0.15) is 0 Å². The number of aldehydes is 1. The van der Waals surface area contributed by atoms with E-state index in [4.69, 9.17) is 5.21 Å². The van der Waals surface area contributed by atoms with Crippen LogP contribution in [0.15, 0.2) is 35.5 Å². The second-order valence-electron chi connectivity index (χ2n) is 2.78. The molecule has 0 heterocycles. The molecule has 3 heteroatoms. The lowest BCUT2D eigenvalue weighted by molar-refractivity contribution is -0.109. The molecule has 0 aliphatic heterocycles. The van der Waals surface area contributed by atoms with E-state index in [1.165, 1.54) is 0 Å². The molecule has 0 aliphatic carbocycles. The molecule has 13 heavy (non-hydrogen) atoms. The lowest BCUT2D eigenvalue weighted by Crippen LogP contribution is -2.13. The molecule has 1 unspecified atom stereocenters. The molecule has 0 aromatic heterocycles. The zero-order chi connectivity index (χ0) is 9.68. The monoisotopic (exact) mass is 177 g/mol. The Kier molecular flexibility index (Phi) is 3.20. The van der Waals surface area contributed by atoms with Gasteiger partial charge in [0.1, 0.15) is 6.29 Å². The summed E-state index contributed by atoms with van der Waals surface area (Å²) in [5.41, 5.74) is 1.17. The molecule has 1 aromatic rings. The van der Waals surface area contributed by atoms with Crippen LogP contribution in [0.5, 0.6) is 0 Å². The third-order valence-corrected chi connectivity index (χ3v) is 1.81. The first kappa shape index (κ1) is 9.45. The van der Waals surface area contributed by atoms with Gasteiger partial charge in [0.15, 0.2) is 0 Å². The van der Waals surface area contributed by atoms with E-state index in [1.807, 2.05) is 18.2 Å². The largest absolute Gasteiger partial charge is 0.411 e. The molecule has 68 valence electrons. The van der Waals surface area contributed by atoms with Crippen LogP contribution in [-0.4, -0.2) is 17.2 Å². The number of oxime groups is 1. The highest BCUT2D eigenvalue weighted by atomic mass is 16.4. The highest BCUT2D eigenvalue weighted by Gasteiger charge is 2.11. The fraction of sp³-hybridized carbons (Fsp3) is 0.200. The Morgan fingerprint density at radius 1 is 1.46 bits per heavy atom. The first-order valence-corrected chi connectivity index (χ1v) is 4.02. The summed E-state index contributed by atoms with van der Waals surface area (Å²) in [5, 5.41) is 11.8. The van der Waals surface area contributed by atoms with Crippen LogP contribution in [0.2, 0.25) is 0 Å². The van der Waals surface area contributed by atoms with E-state index in [0.29, 0.717) is 5.71 Å². The van der Waals surface area contributed by atoms with E-state index in [9.17, 15) is 4.79 Å². The minimum Gasteiger partial charge on any atom is -0.411 e. The second kappa shape index (κ2) is 4.40. The van der Waals surface area contributed by atoms with Gasteiger partial charge in [-0.05, 0) is 6.92 Å². The maximum atomic E-state index is 10.5. The van der Waals surface area contributed by atoms with Crippen LogP contribution < -0.4 is 0 Å². The van der Waals surface area contributed by atoms with Gasteiger partial charge in [0, 0.05) is 5.56 Å². The van der Waals surface area contributed by atoms with Crippen molar-refractivity contribution in [2.75, 3.05) is 0 Å². The van der Waals surface area contributed by atoms with Crippen molar-refractivity contribution in [2.24, 2.45) is 11.1 Å². The van der Waals surface area contributed by atoms with Gasteiger partial charge in [-0.3, -0.25) is 0 Å². The van der Waals surface area contributed by atoms with E-state index >= 15 is 0 Å². The number of nitrogens with zero attached hydrogens (tertiary/aromatic N) is 1. The summed E-state index contributed by atoms with van der Waals surface area (Å²) in [6, 6.07) is 9.13. The van der Waals surface area contributed by atoms with Gasteiger partial charge in [0.25, 0.3) is 0 Å². The summed E-state index contributed by atoms with van der Waals surface area (Å²) in [6.45, 7) is 1.69. The fourth-order valence-corrected chi connectivity index (χ4v) is 1.09. The molecular weight excluding hydrogens is 166 g/mol. The summed E-state index contributed by atoms with van der Waals surface area (Å²) in [5.74, 6) is -0.382. The number of benzene rings is 1. The van der Waals surface area contributed by atoms with Crippen molar-refractivity contribution in [3.63, 3.8) is 0 Å². The van der Waals surface area contributed by atoms with Crippen LogP contribution in [-0.2, 0) is 4.79 Å². The predicted molar refractivity (Wildman–Crippen MR) is 50.0 cm³/mol. The highest BCUT2D eigenvalue weighted by Crippen LogP contribution is 2.07. The Morgan fingerprint density at radius 3 is 2.54 bits per heavy atom. The van der Waals surface area contributed by atoms with Crippen molar-refractivity contribution >= 4 is 12.0 Å². The van der Waals surface area contributed by atoms with E-state index in [1.54, 1.807) is 19.1 Å². The van der Waals surface area contributed by atoms with Crippen molar-refractivity contribution in [1.82, 2.24) is 0 Å². The summed E-state index contributed by atoms with van der Waals surface area (Å²) >= 11 is 0. The normalized spacial score (nSPS) is 13.8. The zero-order valence-corrected chi connectivity index (χ0v) is 7.34. The molecule has 0 saturated heterocycles. The van der Waals surface area contributed by atoms with Gasteiger partial charge in [0.2, 0.25) is 0 Å². The quantitative estimate of drug-likeness (QED) is 0.330. The SMILES string of the molecule is CC(C=O)/C(=N\O)c1ccccc1. The van der Waals surface area contributed by atoms with Crippen molar-refractivity contribution < 1.29 is 10.0 Å². The maximum Gasteiger partial charge on any atom is 0.128 e. The van der Waals surface area contributed by atoms with E-state index in [-0.39, 0.29) is 5.92 Å². The smallest absolute Gasteiger partial charge is 0.128 e. The Bertz CT molecular complexity index is 306.